The van der Waals surface area contributed by atoms with E-state index in [0.717, 1.165) is 10.2 Å². The van der Waals surface area contributed by atoms with E-state index in [1.807, 2.05) is 30.3 Å². The van der Waals surface area contributed by atoms with Gasteiger partial charge in [-0.25, -0.2) is 10.2 Å². The van der Waals surface area contributed by atoms with Crippen LogP contribution in [-0.4, -0.2) is 32.1 Å². The SMILES string of the molecule is C[C@@H](O)[C@H](C(=O)NO)n1[nH]c2cc(C#Cc3ccccc3)ccc2c1=O. The van der Waals surface area contributed by atoms with Gasteiger partial charge in [0.05, 0.1) is 17.0 Å². The van der Waals surface area contributed by atoms with Crippen molar-refractivity contribution < 1.29 is 15.1 Å². The lowest BCUT2D eigenvalue weighted by Gasteiger charge is -2.17. The molecule has 0 bridgehead atoms. The number of benzene rings is 2. The zero-order valence-electron chi connectivity index (χ0n) is 13.9. The minimum Gasteiger partial charge on any atom is -0.391 e. The topological polar surface area (TPSA) is 107 Å². The first-order valence-corrected chi connectivity index (χ1v) is 7.94. The Morgan fingerprint density at radius 3 is 2.50 bits per heavy atom. The average molecular weight is 351 g/mol. The highest BCUT2D eigenvalue weighted by atomic mass is 16.5. The van der Waals surface area contributed by atoms with Crippen molar-refractivity contribution in [2.45, 2.75) is 19.1 Å². The number of hydrogen-bond acceptors (Lipinski definition) is 4. The number of amides is 1. The van der Waals surface area contributed by atoms with Crippen molar-refractivity contribution in [3.8, 4) is 11.8 Å². The molecule has 7 nitrogen and oxygen atoms in total. The lowest BCUT2D eigenvalue weighted by molar-refractivity contribution is -0.136. The van der Waals surface area contributed by atoms with E-state index in [9.17, 15) is 14.7 Å². The first-order chi connectivity index (χ1) is 12.5. The van der Waals surface area contributed by atoms with Crippen LogP contribution in [0.1, 0.15) is 24.1 Å². The Morgan fingerprint density at radius 2 is 1.85 bits per heavy atom. The van der Waals surface area contributed by atoms with Crippen LogP contribution in [0.25, 0.3) is 10.9 Å². The van der Waals surface area contributed by atoms with Gasteiger partial charge in [-0.1, -0.05) is 30.0 Å². The number of carbonyl (C=O) groups excluding carboxylic acids is 1. The van der Waals surface area contributed by atoms with Gasteiger partial charge >= 0.3 is 0 Å². The van der Waals surface area contributed by atoms with Gasteiger partial charge in [-0.2, -0.15) is 0 Å². The van der Waals surface area contributed by atoms with E-state index in [1.54, 1.807) is 18.2 Å². The molecule has 1 amide bonds. The summed E-state index contributed by atoms with van der Waals surface area (Å²) in [4.78, 5) is 24.3. The summed E-state index contributed by atoms with van der Waals surface area (Å²) in [5.74, 6) is 5.16. The zero-order chi connectivity index (χ0) is 18.7. The highest BCUT2D eigenvalue weighted by Crippen LogP contribution is 2.15. The Labute approximate surface area is 148 Å². The molecule has 0 unspecified atom stereocenters. The Bertz CT molecular complexity index is 1060. The highest BCUT2D eigenvalue weighted by Gasteiger charge is 2.28. The summed E-state index contributed by atoms with van der Waals surface area (Å²) in [6, 6.07) is 13.2. The Morgan fingerprint density at radius 1 is 1.15 bits per heavy atom. The van der Waals surface area contributed by atoms with Gasteiger partial charge in [-0.15, -0.1) is 0 Å². The van der Waals surface area contributed by atoms with E-state index in [0.29, 0.717) is 16.5 Å². The van der Waals surface area contributed by atoms with Crippen molar-refractivity contribution in [1.82, 2.24) is 15.3 Å². The molecule has 0 fully saturated rings. The fraction of sp³-hybridized carbons (Fsp3) is 0.158. The molecule has 2 atom stereocenters. The number of nitrogens with one attached hydrogen (secondary N) is 2. The zero-order valence-corrected chi connectivity index (χ0v) is 13.9. The van der Waals surface area contributed by atoms with Gasteiger partial charge < -0.3 is 5.11 Å². The smallest absolute Gasteiger partial charge is 0.275 e. The maximum Gasteiger partial charge on any atom is 0.275 e. The number of fused-ring (bicyclic) bond motifs is 1. The van der Waals surface area contributed by atoms with Crippen LogP contribution in [0, 0.1) is 11.8 Å². The van der Waals surface area contributed by atoms with Crippen LogP contribution < -0.4 is 11.0 Å². The minimum atomic E-state index is -1.28. The molecule has 7 heteroatoms. The molecule has 0 spiro atoms. The van der Waals surface area contributed by atoms with Crippen LogP contribution >= 0.6 is 0 Å². The summed E-state index contributed by atoms with van der Waals surface area (Å²) in [5.41, 5.74) is 3.03. The minimum absolute atomic E-state index is 0.353. The van der Waals surface area contributed by atoms with Gasteiger partial charge in [0, 0.05) is 11.1 Å². The van der Waals surface area contributed by atoms with Gasteiger partial charge in [-0.05, 0) is 37.3 Å². The van der Waals surface area contributed by atoms with E-state index < -0.39 is 23.6 Å². The third-order valence-electron chi connectivity index (χ3n) is 3.95. The molecule has 1 aromatic heterocycles. The van der Waals surface area contributed by atoms with E-state index in [4.69, 9.17) is 5.21 Å². The lowest BCUT2D eigenvalue weighted by atomic mass is 10.1. The van der Waals surface area contributed by atoms with Crippen LogP contribution in [0.3, 0.4) is 0 Å². The van der Waals surface area contributed by atoms with Crippen LogP contribution in [-0.2, 0) is 4.79 Å². The number of H-pyrrole nitrogens is 1. The van der Waals surface area contributed by atoms with Crippen LogP contribution in [0.2, 0.25) is 0 Å². The molecule has 26 heavy (non-hydrogen) atoms. The molecular formula is C19H17N3O4. The summed E-state index contributed by atoms with van der Waals surface area (Å²) in [5, 5.41) is 21.8. The molecular weight excluding hydrogens is 334 g/mol. The third kappa shape index (κ3) is 3.37. The first-order valence-electron chi connectivity index (χ1n) is 7.94. The largest absolute Gasteiger partial charge is 0.391 e. The predicted molar refractivity (Wildman–Crippen MR) is 95.6 cm³/mol. The molecule has 1 heterocycles. The molecule has 0 aliphatic heterocycles. The standard InChI is InChI=1S/C19H17N3O4/c1-12(23)17(18(24)21-26)22-19(25)15-10-9-14(11-16(15)20-22)8-7-13-5-3-2-4-6-13/h2-6,9-12,17,20,23,26H,1H3,(H,21,24)/t12-,17-/m1/s1. The van der Waals surface area contributed by atoms with E-state index >= 15 is 0 Å². The van der Waals surface area contributed by atoms with E-state index in [2.05, 4.69) is 16.9 Å². The van der Waals surface area contributed by atoms with E-state index in [1.165, 1.54) is 12.4 Å². The maximum atomic E-state index is 12.5. The van der Waals surface area contributed by atoms with Crippen LogP contribution in [0.15, 0.2) is 53.3 Å². The van der Waals surface area contributed by atoms with Crippen molar-refractivity contribution in [3.05, 3.63) is 70.0 Å². The summed E-state index contributed by atoms with van der Waals surface area (Å²) in [6.07, 6.45) is -1.19. The van der Waals surface area contributed by atoms with Gasteiger partial charge in [0.2, 0.25) is 0 Å². The second-order valence-electron chi connectivity index (χ2n) is 5.82. The van der Waals surface area contributed by atoms with Crippen LogP contribution in [0.5, 0.6) is 0 Å². The average Bonchev–Trinajstić information content (AvgIpc) is 2.96. The van der Waals surface area contributed by atoms with Gasteiger partial charge in [0.1, 0.15) is 0 Å². The van der Waals surface area contributed by atoms with E-state index in [-0.39, 0.29) is 0 Å². The summed E-state index contributed by atoms with van der Waals surface area (Å²) in [6.45, 7) is 1.36. The van der Waals surface area contributed by atoms with Crippen molar-refractivity contribution in [2.75, 3.05) is 0 Å². The Kier molecular flexibility index (Phi) is 4.89. The quantitative estimate of drug-likeness (QED) is 0.323. The molecule has 0 radical (unpaired) electrons. The van der Waals surface area contributed by atoms with Gasteiger partial charge in [0.15, 0.2) is 6.04 Å². The molecule has 0 saturated carbocycles. The molecule has 2 aromatic carbocycles. The summed E-state index contributed by atoms with van der Waals surface area (Å²) >= 11 is 0. The molecule has 0 aliphatic carbocycles. The number of aromatic amines is 1. The molecule has 3 aromatic rings. The number of hydroxylamine groups is 1. The monoisotopic (exact) mass is 351 g/mol. The Hall–Kier alpha value is -3.34. The number of aromatic nitrogens is 2. The van der Waals surface area contributed by atoms with Crippen molar-refractivity contribution >= 4 is 16.8 Å². The highest BCUT2D eigenvalue weighted by molar-refractivity contribution is 5.82. The number of aliphatic hydroxyl groups excluding tert-OH is 1. The Balaban J connectivity index is 2.03. The molecule has 4 N–H and O–H groups in total. The molecule has 0 aliphatic rings. The normalized spacial score (nSPS) is 12.9. The van der Waals surface area contributed by atoms with Crippen molar-refractivity contribution in [2.24, 2.45) is 0 Å². The number of carbonyl (C=O) groups is 1. The maximum absolute atomic E-state index is 12.5. The van der Waals surface area contributed by atoms with Gasteiger partial charge in [0.25, 0.3) is 11.5 Å². The second-order valence-corrected chi connectivity index (χ2v) is 5.82. The summed E-state index contributed by atoms with van der Waals surface area (Å²) < 4.78 is 0.995. The number of aliphatic hydroxyl groups is 1. The van der Waals surface area contributed by atoms with Gasteiger partial charge in [-0.3, -0.25) is 19.9 Å². The van der Waals surface area contributed by atoms with Crippen molar-refractivity contribution in [1.29, 1.82) is 0 Å². The second kappa shape index (κ2) is 7.27. The molecule has 3 rings (SSSR count). The fourth-order valence-corrected chi connectivity index (χ4v) is 2.69. The van der Waals surface area contributed by atoms with Crippen molar-refractivity contribution in [3.63, 3.8) is 0 Å². The summed E-state index contributed by atoms with van der Waals surface area (Å²) in [7, 11) is 0. The number of rotatable bonds is 3. The number of hydrogen-bond donors (Lipinski definition) is 4. The van der Waals surface area contributed by atoms with Crippen LogP contribution in [0.4, 0.5) is 0 Å². The molecule has 0 saturated heterocycles. The third-order valence-corrected chi connectivity index (χ3v) is 3.95. The fourth-order valence-electron chi connectivity index (χ4n) is 2.69. The first kappa shape index (κ1) is 17.5. The predicted octanol–water partition coefficient (Wildman–Crippen LogP) is 1.16. The molecule has 132 valence electrons. The lowest BCUT2D eigenvalue weighted by Crippen LogP contribution is -2.41. The number of nitrogens with zero attached hydrogens (tertiary/aromatic N) is 1.